The molecular weight excluding hydrogens is 358 g/mol. The van der Waals surface area contributed by atoms with Crippen LogP contribution in [0.4, 0.5) is 17.6 Å². The second kappa shape index (κ2) is 7.25. The fraction of sp³-hybridized carbons (Fsp3) is 0.176. The minimum absolute atomic E-state index is 0.0518. The molecule has 1 atom stereocenters. The van der Waals surface area contributed by atoms with E-state index in [0.29, 0.717) is 11.6 Å². The summed E-state index contributed by atoms with van der Waals surface area (Å²) in [6.45, 7) is 0. The van der Waals surface area contributed by atoms with Crippen LogP contribution in [0.15, 0.2) is 53.4 Å². The monoisotopic (exact) mass is 371 g/mol. The number of halogens is 4. The molecule has 132 valence electrons. The Kier molecular flexibility index (Phi) is 5.50. The highest BCUT2D eigenvalue weighted by atomic mass is 32.2. The molecule has 0 aromatic heterocycles. The first-order valence-corrected chi connectivity index (χ1v) is 8.50. The molecule has 0 saturated heterocycles. The summed E-state index contributed by atoms with van der Waals surface area (Å²) in [6.07, 6.45) is 0.510. The number of hydrogen-bond donors (Lipinski definition) is 1. The molecule has 0 aliphatic rings. The third-order valence-corrected chi connectivity index (χ3v) is 4.83. The largest absolute Gasteiger partial charge is 0.416 e. The summed E-state index contributed by atoms with van der Waals surface area (Å²) in [6, 6.07) is 7.45. The standard InChI is InChI=1S/C17H13F4NO2S/c1-2-4-16(12-7-9-14(18)10-8-12)22-25(23,24)15-6-3-5-13(11-15)17(19,20)21/h1,3,5-11,16,22H,4H2/t16-/m1/s1. The van der Waals surface area contributed by atoms with Gasteiger partial charge in [0.15, 0.2) is 0 Å². The highest BCUT2D eigenvalue weighted by Gasteiger charge is 2.32. The molecule has 8 heteroatoms. The minimum atomic E-state index is -4.67. The number of hydrogen-bond acceptors (Lipinski definition) is 2. The molecule has 0 bridgehead atoms. The van der Waals surface area contributed by atoms with E-state index >= 15 is 0 Å². The summed E-state index contributed by atoms with van der Waals surface area (Å²) in [7, 11) is -4.26. The first-order chi connectivity index (χ1) is 11.6. The lowest BCUT2D eigenvalue weighted by molar-refractivity contribution is -0.137. The molecule has 0 aliphatic carbocycles. The number of rotatable bonds is 5. The van der Waals surface area contributed by atoms with Crippen LogP contribution in [0.2, 0.25) is 0 Å². The van der Waals surface area contributed by atoms with Crippen molar-refractivity contribution in [2.24, 2.45) is 0 Å². The lowest BCUT2D eigenvalue weighted by atomic mass is 10.1. The van der Waals surface area contributed by atoms with Crippen molar-refractivity contribution in [1.29, 1.82) is 0 Å². The van der Waals surface area contributed by atoms with Crippen molar-refractivity contribution >= 4 is 10.0 Å². The van der Waals surface area contributed by atoms with E-state index in [1.54, 1.807) is 0 Å². The molecule has 25 heavy (non-hydrogen) atoms. The van der Waals surface area contributed by atoms with Crippen LogP contribution in [-0.2, 0) is 16.2 Å². The van der Waals surface area contributed by atoms with Crippen molar-refractivity contribution < 1.29 is 26.0 Å². The predicted molar refractivity (Wildman–Crippen MR) is 84.4 cm³/mol. The van der Waals surface area contributed by atoms with Crippen molar-refractivity contribution in [2.75, 3.05) is 0 Å². The van der Waals surface area contributed by atoms with Crippen LogP contribution in [0.1, 0.15) is 23.6 Å². The van der Waals surface area contributed by atoms with Crippen molar-refractivity contribution in [3.05, 3.63) is 65.5 Å². The molecule has 0 heterocycles. The van der Waals surface area contributed by atoms with Gasteiger partial charge in [-0.15, -0.1) is 12.3 Å². The van der Waals surface area contributed by atoms with E-state index < -0.39 is 38.5 Å². The number of sulfonamides is 1. The van der Waals surface area contributed by atoms with E-state index in [1.165, 1.54) is 12.1 Å². The van der Waals surface area contributed by atoms with Gasteiger partial charge in [0.1, 0.15) is 5.82 Å². The lowest BCUT2D eigenvalue weighted by Crippen LogP contribution is -2.28. The van der Waals surface area contributed by atoms with E-state index in [-0.39, 0.29) is 6.42 Å². The van der Waals surface area contributed by atoms with Gasteiger partial charge in [0.2, 0.25) is 10.0 Å². The van der Waals surface area contributed by atoms with Gasteiger partial charge >= 0.3 is 6.18 Å². The molecule has 2 aromatic carbocycles. The van der Waals surface area contributed by atoms with Gasteiger partial charge in [0.25, 0.3) is 0 Å². The quantitative estimate of drug-likeness (QED) is 0.640. The SMILES string of the molecule is C#CC[C@@H](NS(=O)(=O)c1cccc(C(F)(F)F)c1)c1ccc(F)cc1. The number of benzene rings is 2. The zero-order chi connectivity index (χ0) is 18.7. The summed E-state index contributed by atoms with van der Waals surface area (Å²) in [5, 5.41) is 0. The van der Waals surface area contributed by atoms with Gasteiger partial charge in [-0.05, 0) is 35.9 Å². The summed E-state index contributed by atoms with van der Waals surface area (Å²) in [5.41, 5.74) is -0.680. The third kappa shape index (κ3) is 4.81. The Morgan fingerprint density at radius 2 is 1.76 bits per heavy atom. The maximum absolute atomic E-state index is 13.0. The number of nitrogens with one attached hydrogen (secondary N) is 1. The van der Waals surface area contributed by atoms with Gasteiger partial charge in [0, 0.05) is 6.42 Å². The Balaban J connectivity index is 2.35. The first-order valence-electron chi connectivity index (χ1n) is 7.02. The Hall–Kier alpha value is -2.37. The summed E-state index contributed by atoms with van der Waals surface area (Å²) >= 11 is 0. The van der Waals surface area contributed by atoms with Gasteiger partial charge in [-0.25, -0.2) is 17.5 Å². The molecule has 2 rings (SSSR count). The maximum Gasteiger partial charge on any atom is 0.416 e. The molecular formula is C17H13F4NO2S. The van der Waals surface area contributed by atoms with Gasteiger partial charge < -0.3 is 0 Å². The molecule has 2 aromatic rings. The number of terminal acetylenes is 1. The van der Waals surface area contributed by atoms with Gasteiger partial charge in [0.05, 0.1) is 16.5 Å². The van der Waals surface area contributed by atoms with E-state index in [9.17, 15) is 26.0 Å². The Morgan fingerprint density at radius 1 is 1.12 bits per heavy atom. The molecule has 0 fully saturated rings. The lowest BCUT2D eigenvalue weighted by Gasteiger charge is -2.18. The van der Waals surface area contributed by atoms with Crippen LogP contribution < -0.4 is 4.72 Å². The smallest absolute Gasteiger partial charge is 0.207 e. The van der Waals surface area contributed by atoms with E-state index in [4.69, 9.17) is 6.42 Å². The van der Waals surface area contributed by atoms with Crippen LogP contribution in [-0.4, -0.2) is 8.42 Å². The van der Waals surface area contributed by atoms with E-state index in [2.05, 4.69) is 10.6 Å². The predicted octanol–water partition coefficient (Wildman–Crippen LogP) is 3.89. The van der Waals surface area contributed by atoms with Crippen molar-refractivity contribution in [3.8, 4) is 12.3 Å². The fourth-order valence-electron chi connectivity index (χ4n) is 2.14. The second-order valence-corrected chi connectivity index (χ2v) is 6.87. The van der Waals surface area contributed by atoms with Crippen molar-refractivity contribution in [3.63, 3.8) is 0 Å². The Bertz CT molecular complexity index is 884. The van der Waals surface area contributed by atoms with Crippen LogP contribution in [0.25, 0.3) is 0 Å². The maximum atomic E-state index is 13.0. The first kappa shape index (κ1) is 19.0. The third-order valence-electron chi connectivity index (χ3n) is 3.36. The molecule has 1 N–H and O–H groups in total. The highest BCUT2D eigenvalue weighted by molar-refractivity contribution is 7.89. The van der Waals surface area contributed by atoms with Crippen LogP contribution in [0, 0.1) is 18.2 Å². The molecule has 3 nitrogen and oxygen atoms in total. The topological polar surface area (TPSA) is 46.2 Å². The van der Waals surface area contributed by atoms with Crippen molar-refractivity contribution in [1.82, 2.24) is 4.72 Å². The molecule has 0 radical (unpaired) electrons. The average molecular weight is 371 g/mol. The number of alkyl halides is 3. The summed E-state index contributed by atoms with van der Waals surface area (Å²) in [4.78, 5) is -0.536. The van der Waals surface area contributed by atoms with Crippen LogP contribution in [0.5, 0.6) is 0 Å². The van der Waals surface area contributed by atoms with Gasteiger partial charge in [-0.2, -0.15) is 13.2 Å². The molecule has 0 unspecified atom stereocenters. The zero-order valence-corrected chi connectivity index (χ0v) is 13.5. The molecule has 0 saturated carbocycles. The highest BCUT2D eigenvalue weighted by Crippen LogP contribution is 2.31. The average Bonchev–Trinajstić information content (AvgIpc) is 2.54. The normalized spacial score (nSPS) is 13.2. The van der Waals surface area contributed by atoms with Crippen LogP contribution in [0.3, 0.4) is 0 Å². The van der Waals surface area contributed by atoms with E-state index in [0.717, 1.165) is 30.3 Å². The fourth-order valence-corrected chi connectivity index (χ4v) is 3.41. The minimum Gasteiger partial charge on any atom is -0.207 e. The molecule has 0 aliphatic heterocycles. The van der Waals surface area contributed by atoms with E-state index in [1.807, 2.05) is 0 Å². The summed E-state index contributed by atoms with van der Waals surface area (Å²) in [5.74, 6) is 1.78. The van der Waals surface area contributed by atoms with Gasteiger partial charge in [-0.3, -0.25) is 0 Å². The molecule has 0 spiro atoms. The second-order valence-electron chi connectivity index (χ2n) is 5.16. The van der Waals surface area contributed by atoms with Crippen LogP contribution >= 0.6 is 0 Å². The Labute approximate surface area is 142 Å². The Morgan fingerprint density at radius 3 is 2.32 bits per heavy atom. The van der Waals surface area contributed by atoms with Crippen molar-refractivity contribution in [2.45, 2.75) is 23.5 Å². The molecule has 0 amide bonds. The van der Waals surface area contributed by atoms with Gasteiger partial charge in [-0.1, -0.05) is 18.2 Å². The zero-order valence-electron chi connectivity index (χ0n) is 12.7. The summed E-state index contributed by atoms with van der Waals surface area (Å²) < 4.78 is 78.4.